The van der Waals surface area contributed by atoms with Crippen LogP contribution in [-0.4, -0.2) is 0 Å². The summed E-state index contributed by atoms with van der Waals surface area (Å²) in [6, 6.07) is 19.9. The topological polar surface area (TPSA) is 0 Å². The average Bonchev–Trinajstić information content (AvgIpc) is 2.68. The number of benzene rings is 3. The lowest BCUT2D eigenvalue weighted by Gasteiger charge is -2.19. The van der Waals surface area contributed by atoms with E-state index in [9.17, 15) is 0 Å². The Kier molecular flexibility index (Phi) is 3.24. The zero-order chi connectivity index (χ0) is 16.8. The molecule has 3 aromatic carbocycles. The highest BCUT2D eigenvalue weighted by atomic mass is 14.2. The number of allylic oxidation sites excluding steroid dienone is 3. The second-order valence-corrected chi connectivity index (χ2v) is 6.98. The van der Waals surface area contributed by atoms with Gasteiger partial charge in [0.1, 0.15) is 0 Å². The quantitative estimate of drug-likeness (QED) is 0.601. The van der Waals surface area contributed by atoms with Gasteiger partial charge >= 0.3 is 0 Å². The van der Waals surface area contributed by atoms with Crippen molar-refractivity contribution >= 4 is 34.6 Å². The number of rotatable bonds is 1. The van der Waals surface area contributed by atoms with Gasteiger partial charge in [0.2, 0.25) is 0 Å². The maximum absolute atomic E-state index is 2.37. The van der Waals surface area contributed by atoms with Crippen LogP contribution in [-0.2, 0) is 6.42 Å². The number of hydrogen-bond acceptors (Lipinski definition) is 0. The van der Waals surface area contributed by atoms with E-state index in [-0.39, 0.29) is 0 Å². The zero-order valence-electron chi connectivity index (χ0n) is 14.4. The van der Waals surface area contributed by atoms with Gasteiger partial charge in [-0.25, -0.2) is 0 Å². The number of hydrogen-bond donors (Lipinski definition) is 0. The van der Waals surface area contributed by atoms with Crippen LogP contribution in [0.1, 0.15) is 30.0 Å². The fourth-order valence-corrected chi connectivity index (χ4v) is 4.22. The predicted octanol–water partition coefficient (Wildman–Crippen LogP) is 4.85. The van der Waals surface area contributed by atoms with Crippen molar-refractivity contribution in [2.24, 2.45) is 0 Å². The fraction of sp³-hybridized carbons (Fsp3) is 0.120. The summed E-state index contributed by atoms with van der Waals surface area (Å²) >= 11 is 0. The highest BCUT2D eigenvalue weighted by Crippen LogP contribution is 2.35. The van der Waals surface area contributed by atoms with Gasteiger partial charge in [0.15, 0.2) is 0 Å². The molecule has 0 nitrogen and oxygen atoms in total. The van der Waals surface area contributed by atoms with E-state index in [4.69, 9.17) is 0 Å². The molecule has 0 fully saturated rings. The monoisotopic (exact) mass is 320 g/mol. The Hall–Kier alpha value is -2.86. The standard InChI is InChI=1S/C25H20/c1-17(21-13-12-18-6-2-3-7-22(18)16-21)23-15-14-20-9-4-8-19-10-5-11-24(23)25(19)20/h2-10,12,14-16H,11,13H2,1H3/b21-17+. The third-order valence-corrected chi connectivity index (χ3v) is 5.56. The van der Waals surface area contributed by atoms with Gasteiger partial charge in [0.05, 0.1) is 0 Å². The molecular formula is C25H20. The van der Waals surface area contributed by atoms with Crippen molar-refractivity contribution in [1.29, 1.82) is 0 Å². The molecule has 2 aliphatic rings. The summed E-state index contributed by atoms with van der Waals surface area (Å²) in [5, 5.41) is 5.47. The van der Waals surface area contributed by atoms with Crippen molar-refractivity contribution in [3.8, 4) is 0 Å². The summed E-state index contributed by atoms with van der Waals surface area (Å²) in [6.07, 6.45) is 11.3. The molecule has 0 heterocycles. The maximum atomic E-state index is 2.37. The van der Waals surface area contributed by atoms with Gasteiger partial charge in [-0.05, 0) is 68.8 Å². The van der Waals surface area contributed by atoms with Gasteiger partial charge in [0.25, 0.3) is 0 Å². The molecule has 0 heteroatoms. The number of fused-ring (bicyclic) bond motifs is 1. The first kappa shape index (κ1) is 14.5. The molecule has 120 valence electrons. The van der Waals surface area contributed by atoms with Crippen molar-refractivity contribution in [2.75, 3.05) is 0 Å². The first-order chi connectivity index (χ1) is 12.3. The van der Waals surface area contributed by atoms with Crippen molar-refractivity contribution in [3.05, 3.63) is 93.4 Å². The maximum Gasteiger partial charge on any atom is -0.00702 e. The first-order valence-corrected chi connectivity index (χ1v) is 8.99. The van der Waals surface area contributed by atoms with Crippen LogP contribution in [0.5, 0.6) is 0 Å². The molecule has 5 rings (SSSR count). The second kappa shape index (κ2) is 5.60. The van der Waals surface area contributed by atoms with E-state index in [1.807, 2.05) is 0 Å². The Bertz CT molecular complexity index is 1190. The predicted molar refractivity (Wildman–Crippen MR) is 109 cm³/mol. The molecule has 25 heavy (non-hydrogen) atoms. The van der Waals surface area contributed by atoms with E-state index < -0.39 is 0 Å². The van der Waals surface area contributed by atoms with E-state index in [0.717, 1.165) is 12.8 Å². The molecule has 0 amide bonds. The van der Waals surface area contributed by atoms with Crippen LogP contribution in [0.3, 0.4) is 0 Å². The van der Waals surface area contributed by atoms with Crippen LogP contribution >= 0.6 is 0 Å². The molecule has 0 aliphatic heterocycles. The summed E-state index contributed by atoms with van der Waals surface area (Å²) in [5.41, 5.74) is 7.08. The summed E-state index contributed by atoms with van der Waals surface area (Å²) in [6.45, 7) is 2.28. The summed E-state index contributed by atoms with van der Waals surface area (Å²) < 4.78 is 0. The van der Waals surface area contributed by atoms with E-state index >= 15 is 0 Å². The largest absolute Gasteiger partial charge is 0.0795 e. The van der Waals surface area contributed by atoms with Crippen molar-refractivity contribution in [1.82, 2.24) is 0 Å². The Labute approximate surface area is 148 Å². The van der Waals surface area contributed by atoms with Crippen molar-refractivity contribution in [3.63, 3.8) is 0 Å². The third-order valence-electron chi connectivity index (χ3n) is 5.56. The SMILES string of the molecule is C/C(=C1\C=c2ccccc2=CC1)c1ccc2cccc3c2c1CC=C3. The normalized spacial score (nSPS) is 16.8. The van der Waals surface area contributed by atoms with Crippen LogP contribution in [0.15, 0.2) is 66.2 Å². The van der Waals surface area contributed by atoms with E-state index in [1.165, 1.54) is 49.0 Å². The van der Waals surface area contributed by atoms with Gasteiger partial charge in [-0.1, -0.05) is 78.9 Å². The molecule has 0 unspecified atom stereocenters. The van der Waals surface area contributed by atoms with Gasteiger partial charge < -0.3 is 0 Å². The van der Waals surface area contributed by atoms with Crippen LogP contribution in [0.25, 0.3) is 34.6 Å². The Morgan fingerprint density at radius 2 is 1.72 bits per heavy atom. The first-order valence-electron chi connectivity index (χ1n) is 8.99. The fourth-order valence-electron chi connectivity index (χ4n) is 4.22. The lowest BCUT2D eigenvalue weighted by molar-refractivity contribution is 1.25. The van der Waals surface area contributed by atoms with Gasteiger partial charge in [-0.3, -0.25) is 0 Å². The molecule has 0 atom stereocenters. The molecule has 0 N–H and O–H groups in total. The Morgan fingerprint density at radius 1 is 0.840 bits per heavy atom. The third kappa shape index (κ3) is 2.29. The lowest BCUT2D eigenvalue weighted by atomic mass is 9.85. The highest BCUT2D eigenvalue weighted by molar-refractivity contribution is 5.98. The van der Waals surface area contributed by atoms with Gasteiger partial charge in [-0.2, -0.15) is 0 Å². The Balaban J connectivity index is 1.75. The minimum Gasteiger partial charge on any atom is -0.0795 e. The molecule has 0 bridgehead atoms. The minimum atomic E-state index is 1.01. The lowest BCUT2D eigenvalue weighted by Crippen LogP contribution is -2.26. The van der Waals surface area contributed by atoms with Gasteiger partial charge in [0, 0.05) is 0 Å². The summed E-state index contributed by atoms with van der Waals surface area (Å²) in [7, 11) is 0. The zero-order valence-corrected chi connectivity index (χ0v) is 14.4. The summed E-state index contributed by atoms with van der Waals surface area (Å²) in [5.74, 6) is 0. The molecule has 2 aliphatic carbocycles. The summed E-state index contributed by atoms with van der Waals surface area (Å²) in [4.78, 5) is 0. The minimum absolute atomic E-state index is 1.01. The van der Waals surface area contributed by atoms with E-state index in [1.54, 1.807) is 0 Å². The molecular weight excluding hydrogens is 300 g/mol. The van der Waals surface area contributed by atoms with Crippen LogP contribution < -0.4 is 10.4 Å². The van der Waals surface area contributed by atoms with E-state index in [2.05, 4.69) is 85.8 Å². The van der Waals surface area contributed by atoms with Crippen molar-refractivity contribution in [2.45, 2.75) is 19.8 Å². The van der Waals surface area contributed by atoms with Crippen LogP contribution in [0.4, 0.5) is 0 Å². The molecule has 0 spiro atoms. The second-order valence-electron chi connectivity index (χ2n) is 6.98. The molecule has 0 radical (unpaired) electrons. The van der Waals surface area contributed by atoms with Gasteiger partial charge in [-0.15, -0.1) is 0 Å². The molecule has 0 aromatic heterocycles. The van der Waals surface area contributed by atoms with Crippen molar-refractivity contribution < 1.29 is 0 Å². The molecule has 0 saturated carbocycles. The van der Waals surface area contributed by atoms with E-state index in [0.29, 0.717) is 0 Å². The average molecular weight is 320 g/mol. The highest BCUT2D eigenvalue weighted by Gasteiger charge is 2.15. The Morgan fingerprint density at radius 3 is 2.64 bits per heavy atom. The smallest absolute Gasteiger partial charge is 0.00702 e. The van der Waals surface area contributed by atoms with Crippen LogP contribution in [0.2, 0.25) is 0 Å². The molecule has 0 saturated heterocycles. The van der Waals surface area contributed by atoms with Crippen LogP contribution in [0, 0.1) is 0 Å². The molecule has 3 aromatic rings.